The number of hydrogen-bond acceptors (Lipinski definition) is 3. The molecular formula is C18H22O3. The van der Waals surface area contributed by atoms with Gasteiger partial charge in [0.1, 0.15) is 5.75 Å². The van der Waals surface area contributed by atoms with Gasteiger partial charge in [0.15, 0.2) is 5.78 Å². The molecule has 0 radical (unpaired) electrons. The number of ketones is 1. The standard InChI is InChI=1S/C18H22O3/c1-18-7-6-12-11-3-2-10(19)8-14(11)16(20)9-13(12)15(18)4-5-17(18)21/h2-3,8,12-13,15,17,19,21H,4-7,9H2,1H3/t12-,13-,15+,17+,18+/m0/s1. The molecule has 0 amide bonds. The fourth-order valence-electron chi connectivity index (χ4n) is 5.36. The SMILES string of the molecule is C[C@@]12CC[C@H]3c4ccc(O)cc4C(=O)C[C@@H]3[C@H]1CC[C@H]2O. The number of carbonyl (C=O) groups excluding carboxylic acids is 1. The molecule has 2 saturated carbocycles. The van der Waals surface area contributed by atoms with Gasteiger partial charge in [0.2, 0.25) is 0 Å². The van der Waals surface area contributed by atoms with E-state index in [1.807, 2.05) is 6.07 Å². The van der Waals surface area contributed by atoms with Crippen molar-refractivity contribution in [1.29, 1.82) is 0 Å². The van der Waals surface area contributed by atoms with E-state index in [1.54, 1.807) is 12.1 Å². The summed E-state index contributed by atoms with van der Waals surface area (Å²) in [6.45, 7) is 2.21. The average Bonchev–Trinajstić information content (AvgIpc) is 2.76. The highest BCUT2D eigenvalue weighted by Crippen LogP contribution is 2.60. The molecule has 0 aliphatic heterocycles. The first kappa shape index (κ1) is 13.3. The van der Waals surface area contributed by atoms with Crippen molar-refractivity contribution in [3.05, 3.63) is 29.3 Å². The fourth-order valence-corrected chi connectivity index (χ4v) is 5.36. The van der Waals surface area contributed by atoms with Crippen molar-refractivity contribution >= 4 is 5.78 Å². The molecule has 21 heavy (non-hydrogen) atoms. The molecule has 0 spiro atoms. The van der Waals surface area contributed by atoms with Crippen molar-refractivity contribution in [1.82, 2.24) is 0 Å². The molecule has 0 bridgehead atoms. The van der Waals surface area contributed by atoms with Crippen LogP contribution in [0.1, 0.15) is 60.9 Å². The van der Waals surface area contributed by atoms with Gasteiger partial charge in [-0.3, -0.25) is 4.79 Å². The van der Waals surface area contributed by atoms with Crippen LogP contribution in [0.4, 0.5) is 0 Å². The van der Waals surface area contributed by atoms with Crippen molar-refractivity contribution in [2.24, 2.45) is 17.3 Å². The summed E-state index contributed by atoms with van der Waals surface area (Å²) >= 11 is 0. The number of carbonyl (C=O) groups is 1. The Labute approximate surface area is 125 Å². The van der Waals surface area contributed by atoms with E-state index in [1.165, 1.54) is 0 Å². The van der Waals surface area contributed by atoms with E-state index in [9.17, 15) is 15.0 Å². The molecule has 5 atom stereocenters. The molecule has 112 valence electrons. The van der Waals surface area contributed by atoms with Crippen molar-refractivity contribution < 1.29 is 15.0 Å². The molecule has 3 aliphatic rings. The van der Waals surface area contributed by atoms with Crippen LogP contribution in [0.15, 0.2) is 18.2 Å². The number of aliphatic hydroxyl groups excluding tert-OH is 1. The van der Waals surface area contributed by atoms with Gasteiger partial charge in [-0.05, 0) is 66.5 Å². The second kappa shape index (κ2) is 4.33. The van der Waals surface area contributed by atoms with Crippen LogP contribution in [0.25, 0.3) is 0 Å². The third-order valence-electron chi connectivity index (χ3n) is 6.54. The first-order valence-electron chi connectivity index (χ1n) is 8.05. The number of fused-ring (bicyclic) bond motifs is 5. The smallest absolute Gasteiger partial charge is 0.163 e. The summed E-state index contributed by atoms with van der Waals surface area (Å²) in [5.74, 6) is 1.58. The largest absolute Gasteiger partial charge is 0.508 e. The second-order valence-corrected chi connectivity index (χ2v) is 7.41. The van der Waals surface area contributed by atoms with E-state index in [0.29, 0.717) is 24.2 Å². The highest BCUT2D eigenvalue weighted by molar-refractivity contribution is 5.99. The molecule has 2 fully saturated rings. The first-order chi connectivity index (χ1) is 10.0. The third kappa shape index (κ3) is 1.73. The lowest BCUT2D eigenvalue weighted by molar-refractivity contribution is -0.0208. The molecule has 3 aliphatic carbocycles. The Morgan fingerprint density at radius 2 is 2.05 bits per heavy atom. The van der Waals surface area contributed by atoms with Crippen molar-refractivity contribution in [3.8, 4) is 5.75 Å². The molecule has 0 saturated heterocycles. The Kier molecular flexibility index (Phi) is 2.74. The Hall–Kier alpha value is -1.35. The summed E-state index contributed by atoms with van der Waals surface area (Å²) in [4.78, 5) is 12.5. The summed E-state index contributed by atoms with van der Waals surface area (Å²) in [6, 6.07) is 5.27. The van der Waals surface area contributed by atoms with Gasteiger partial charge >= 0.3 is 0 Å². The number of phenols is 1. The van der Waals surface area contributed by atoms with Crippen LogP contribution in [-0.4, -0.2) is 22.1 Å². The van der Waals surface area contributed by atoms with E-state index in [2.05, 4.69) is 6.92 Å². The van der Waals surface area contributed by atoms with Gasteiger partial charge in [-0.15, -0.1) is 0 Å². The Balaban J connectivity index is 1.77. The maximum absolute atomic E-state index is 12.5. The topological polar surface area (TPSA) is 57.5 Å². The first-order valence-corrected chi connectivity index (χ1v) is 8.05. The molecule has 0 aromatic heterocycles. The van der Waals surface area contributed by atoms with E-state index in [0.717, 1.165) is 36.8 Å². The summed E-state index contributed by atoms with van der Waals surface area (Å²) < 4.78 is 0. The maximum atomic E-state index is 12.5. The number of aliphatic hydroxyl groups is 1. The predicted molar refractivity (Wildman–Crippen MR) is 79.4 cm³/mol. The zero-order valence-electron chi connectivity index (χ0n) is 12.4. The van der Waals surface area contributed by atoms with Crippen LogP contribution >= 0.6 is 0 Å². The zero-order chi connectivity index (χ0) is 14.8. The lowest BCUT2D eigenvalue weighted by Crippen LogP contribution is -2.44. The van der Waals surface area contributed by atoms with Crippen LogP contribution in [0, 0.1) is 17.3 Å². The zero-order valence-corrected chi connectivity index (χ0v) is 12.4. The maximum Gasteiger partial charge on any atom is 0.163 e. The van der Waals surface area contributed by atoms with E-state index >= 15 is 0 Å². The summed E-state index contributed by atoms with van der Waals surface area (Å²) in [7, 11) is 0. The minimum atomic E-state index is -0.209. The van der Waals surface area contributed by atoms with Gasteiger partial charge in [0, 0.05) is 12.0 Å². The van der Waals surface area contributed by atoms with E-state index < -0.39 is 0 Å². The van der Waals surface area contributed by atoms with Crippen molar-refractivity contribution in [2.45, 2.75) is 51.0 Å². The summed E-state index contributed by atoms with van der Waals surface area (Å²) in [6.07, 6.45) is 4.36. The quantitative estimate of drug-likeness (QED) is 0.769. The molecular weight excluding hydrogens is 264 g/mol. The summed E-state index contributed by atoms with van der Waals surface area (Å²) in [5, 5.41) is 20.0. The number of benzene rings is 1. The Morgan fingerprint density at radius 3 is 2.86 bits per heavy atom. The molecule has 0 unspecified atom stereocenters. The van der Waals surface area contributed by atoms with E-state index in [-0.39, 0.29) is 23.1 Å². The number of Topliss-reactive ketones (excluding diaryl/α,β-unsaturated/α-hetero) is 1. The van der Waals surface area contributed by atoms with Crippen molar-refractivity contribution in [3.63, 3.8) is 0 Å². The molecule has 4 rings (SSSR count). The van der Waals surface area contributed by atoms with Crippen molar-refractivity contribution in [2.75, 3.05) is 0 Å². The Bertz CT molecular complexity index is 608. The Morgan fingerprint density at radius 1 is 1.24 bits per heavy atom. The van der Waals surface area contributed by atoms with Crippen LogP contribution < -0.4 is 0 Å². The highest BCUT2D eigenvalue weighted by atomic mass is 16.3. The molecule has 0 heterocycles. The number of aromatic hydroxyl groups is 1. The molecule has 3 nitrogen and oxygen atoms in total. The number of phenolic OH excluding ortho intramolecular Hbond substituents is 1. The van der Waals surface area contributed by atoms with Crippen LogP contribution in [-0.2, 0) is 0 Å². The van der Waals surface area contributed by atoms with Crippen LogP contribution in [0.3, 0.4) is 0 Å². The van der Waals surface area contributed by atoms with Gasteiger partial charge in [-0.2, -0.15) is 0 Å². The van der Waals surface area contributed by atoms with Gasteiger partial charge < -0.3 is 10.2 Å². The third-order valence-corrected chi connectivity index (χ3v) is 6.54. The second-order valence-electron chi connectivity index (χ2n) is 7.41. The van der Waals surface area contributed by atoms with Gasteiger partial charge in [0.05, 0.1) is 6.10 Å². The normalized spacial score (nSPS) is 41.3. The predicted octanol–water partition coefficient (Wildman–Crippen LogP) is 3.25. The minimum Gasteiger partial charge on any atom is -0.508 e. The number of rotatable bonds is 0. The van der Waals surface area contributed by atoms with Crippen LogP contribution in [0.5, 0.6) is 5.75 Å². The fraction of sp³-hybridized carbons (Fsp3) is 0.611. The number of hydrogen-bond donors (Lipinski definition) is 2. The molecule has 2 N–H and O–H groups in total. The molecule has 1 aromatic carbocycles. The van der Waals surface area contributed by atoms with Gasteiger partial charge in [0.25, 0.3) is 0 Å². The molecule has 3 heteroatoms. The average molecular weight is 286 g/mol. The minimum absolute atomic E-state index is 0.00410. The van der Waals surface area contributed by atoms with Gasteiger partial charge in [-0.25, -0.2) is 0 Å². The lowest BCUT2D eigenvalue weighted by Gasteiger charge is -2.49. The van der Waals surface area contributed by atoms with E-state index in [4.69, 9.17) is 0 Å². The lowest BCUT2D eigenvalue weighted by atomic mass is 9.55. The summed E-state index contributed by atoms with van der Waals surface area (Å²) in [5.41, 5.74) is 1.84. The highest BCUT2D eigenvalue weighted by Gasteiger charge is 2.55. The van der Waals surface area contributed by atoms with Gasteiger partial charge in [-0.1, -0.05) is 13.0 Å². The van der Waals surface area contributed by atoms with Crippen LogP contribution in [0.2, 0.25) is 0 Å². The molecule has 1 aromatic rings. The monoisotopic (exact) mass is 286 g/mol.